The van der Waals surface area contributed by atoms with E-state index in [1.807, 2.05) is 0 Å². The quantitative estimate of drug-likeness (QED) is 0.166. The number of guanidine groups is 1. The number of ether oxygens (including phenoxy) is 1. The van der Waals surface area contributed by atoms with E-state index in [1.54, 1.807) is 0 Å². The molecule has 0 aromatic carbocycles. The summed E-state index contributed by atoms with van der Waals surface area (Å²) in [5, 5.41) is 16.6. The molecule has 0 bridgehead atoms. The van der Waals surface area contributed by atoms with Crippen LogP contribution in [-0.2, 0) is 4.74 Å². The second-order valence-electron chi connectivity index (χ2n) is 8.74. The molecule has 0 amide bonds. The molecule has 2 aliphatic carbocycles. The molecule has 3 N–H and O–H groups in total. The second kappa shape index (κ2) is 14.0. The van der Waals surface area contributed by atoms with Crippen LogP contribution in [0.1, 0.15) is 84.5 Å². The molecule has 2 fully saturated rings. The minimum atomic E-state index is 0. The van der Waals surface area contributed by atoms with E-state index in [1.165, 1.54) is 57.8 Å². The van der Waals surface area contributed by atoms with Crippen LogP contribution in [0.3, 0.4) is 0 Å². The van der Waals surface area contributed by atoms with Crippen molar-refractivity contribution in [3.63, 3.8) is 0 Å². The van der Waals surface area contributed by atoms with Gasteiger partial charge in [0.2, 0.25) is 0 Å². The van der Waals surface area contributed by atoms with Gasteiger partial charge in [-0.2, -0.15) is 0 Å². The van der Waals surface area contributed by atoms with E-state index >= 15 is 0 Å². The van der Waals surface area contributed by atoms with Crippen LogP contribution in [0.4, 0.5) is 0 Å². The van der Waals surface area contributed by atoms with Crippen LogP contribution in [0.15, 0.2) is 4.99 Å². The third kappa shape index (κ3) is 8.34. The molecule has 0 spiro atoms. The zero-order valence-corrected chi connectivity index (χ0v) is 20.6. The Hall–Kier alpha value is -0.0800. The van der Waals surface area contributed by atoms with Gasteiger partial charge in [-0.05, 0) is 63.2 Å². The molecule has 0 heterocycles. The summed E-state index contributed by atoms with van der Waals surface area (Å²) in [7, 11) is 0. The fraction of sp³-hybridized carbons (Fsp3) is 0.955. The molecule has 0 aliphatic heterocycles. The molecular formula is C22H44IN3O2. The van der Waals surface area contributed by atoms with Gasteiger partial charge in [0, 0.05) is 39.5 Å². The Labute approximate surface area is 189 Å². The number of halogens is 1. The van der Waals surface area contributed by atoms with Crippen molar-refractivity contribution in [3.8, 4) is 0 Å². The minimum absolute atomic E-state index is 0. The Balaban J connectivity index is 0.00000392. The summed E-state index contributed by atoms with van der Waals surface area (Å²) in [6.07, 6.45) is 13.6. The van der Waals surface area contributed by atoms with E-state index in [4.69, 9.17) is 9.73 Å². The first-order chi connectivity index (χ1) is 13.2. The van der Waals surface area contributed by atoms with Gasteiger partial charge in [0.05, 0.1) is 0 Å². The van der Waals surface area contributed by atoms with Crippen molar-refractivity contribution >= 4 is 29.9 Å². The molecular weight excluding hydrogens is 465 g/mol. The highest BCUT2D eigenvalue weighted by Crippen LogP contribution is 2.41. The third-order valence-electron chi connectivity index (χ3n) is 6.75. The topological polar surface area (TPSA) is 65.9 Å². The van der Waals surface area contributed by atoms with E-state index in [0.29, 0.717) is 5.41 Å². The lowest BCUT2D eigenvalue weighted by Gasteiger charge is -2.36. The summed E-state index contributed by atoms with van der Waals surface area (Å²) in [5.74, 6) is 0.947. The Bertz CT molecular complexity index is 428. The number of nitrogens with one attached hydrogen (secondary N) is 2. The summed E-state index contributed by atoms with van der Waals surface area (Å²) in [4.78, 5) is 4.97. The van der Waals surface area contributed by atoms with Crippen LogP contribution in [0.25, 0.3) is 0 Å². The Kier molecular flexibility index (Phi) is 13.0. The Morgan fingerprint density at radius 3 is 2.18 bits per heavy atom. The molecule has 0 aromatic heterocycles. The summed E-state index contributed by atoms with van der Waals surface area (Å²) in [6.45, 7) is 8.84. The van der Waals surface area contributed by atoms with Crippen molar-refractivity contribution in [3.05, 3.63) is 0 Å². The number of nitrogens with zero attached hydrogens (tertiary/aromatic N) is 1. The van der Waals surface area contributed by atoms with Crippen LogP contribution in [0, 0.1) is 10.8 Å². The third-order valence-corrected chi connectivity index (χ3v) is 6.75. The van der Waals surface area contributed by atoms with Gasteiger partial charge in [-0.1, -0.05) is 32.1 Å². The number of aliphatic imine (C=N–C) groups is 1. The second-order valence-corrected chi connectivity index (χ2v) is 8.74. The number of hydrogen-bond acceptors (Lipinski definition) is 3. The first-order valence-electron chi connectivity index (χ1n) is 11.4. The van der Waals surface area contributed by atoms with Crippen LogP contribution in [0.5, 0.6) is 0 Å². The molecule has 166 valence electrons. The molecule has 5 nitrogen and oxygen atoms in total. The van der Waals surface area contributed by atoms with Crippen molar-refractivity contribution < 1.29 is 9.84 Å². The molecule has 0 saturated heterocycles. The van der Waals surface area contributed by atoms with Crippen molar-refractivity contribution in [2.75, 3.05) is 39.5 Å². The van der Waals surface area contributed by atoms with Crippen molar-refractivity contribution in [2.45, 2.75) is 84.5 Å². The number of rotatable bonds is 11. The van der Waals surface area contributed by atoms with Crippen LogP contribution in [0.2, 0.25) is 0 Å². The van der Waals surface area contributed by atoms with Crippen molar-refractivity contribution in [2.24, 2.45) is 15.8 Å². The fourth-order valence-corrected chi connectivity index (χ4v) is 4.96. The molecule has 2 saturated carbocycles. The maximum Gasteiger partial charge on any atom is 0.191 e. The normalized spacial score (nSPS) is 21.2. The van der Waals surface area contributed by atoms with Gasteiger partial charge in [0.25, 0.3) is 0 Å². The predicted octanol–water partition coefficient (Wildman–Crippen LogP) is 4.48. The molecule has 0 radical (unpaired) electrons. The Morgan fingerprint density at radius 1 is 0.929 bits per heavy atom. The van der Waals surface area contributed by atoms with Gasteiger partial charge in [-0.25, -0.2) is 0 Å². The first kappa shape index (κ1) is 26.0. The van der Waals surface area contributed by atoms with E-state index in [2.05, 4.69) is 24.5 Å². The SMILES string of the molecule is CCNC(=NCC1(CCO)CCCCC1)NCC1(CCOCC)CCCC1.I. The lowest BCUT2D eigenvalue weighted by atomic mass is 9.72. The maximum absolute atomic E-state index is 9.54. The zero-order chi connectivity index (χ0) is 19.4. The van der Waals surface area contributed by atoms with Gasteiger partial charge in [0.1, 0.15) is 0 Å². The first-order valence-corrected chi connectivity index (χ1v) is 11.4. The van der Waals surface area contributed by atoms with Gasteiger partial charge >= 0.3 is 0 Å². The summed E-state index contributed by atoms with van der Waals surface area (Å²) < 4.78 is 5.64. The number of aliphatic hydroxyl groups is 1. The number of aliphatic hydroxyl groups excluding tert-OH is 1. The van der Waals surface area contributed by atoms with Crippen molar-refractivity contribution in [1.82, 2.24) is 10.6 Å². The summed E-state index contributed by atoms with van der Waals surface area (Å²) in [6, 6.07) is 0. The van der Waals surface area contributed by atoms with Crippen molar-refractivity contribution in [1.29, 1.82) is 0 Å². The highest BCUT2D eigenvalue weighted by Gasteiger charge is 2.34. The van der Waals surface area contributed by atoms with Gasteiger partial charge in [-0.15, -0.1) is 24.0 Å². The molecule has 2 aliphatic rings. The molecule has 28 heavy (non-hydrogen) atoms. The average molecular weight is 510 g/mol. The predicted molar refractivity (Wildman–Crippen MR) is 129 cm³/mol. The lowest BCUT2D eigenvalue weighted by Crippen LogP contribution is -2.44. The molecule has 2 rings (SSSR count). The molecule has 0 unspecified atom stereocenters. The maximum atomic E-state index is 9.54. The standard InChI is InChI=1S/C22H43N3O2.HI/c1-3-23-20(24-18-21(14-16-26)10-6-5-7-11-21)25-19-22(12-8-9-13-22)15-17-27-4-2;/h26H,3-19H2,1-2H3,(H2,23,24,25);1H. The van der Waals surface area contributed by atoms with Crippen LogP contribution < -0.4 is 10.6 Å². The van der Waals surface area contributed by atoms with Crippen LogP contribution in [-0.4, -0.2) is 50.5 Å². The van der Waals surface area contributed by atoms with E-state index < -0.39 is 0 Å². The number of hydrogen-bond donors (Lipinski definition) is 3. The van der Waals surface area contributed by atoms with E-state index in [9.17, 15) is 5.11 Å². The highest BCUT2D eigenvalue weighted by atomic mass is 127. The smallest absolute Gasteiger partial charge is 0.191 e. The van der Waals surface area contributed by atoms with Gasteiger partial charge < -0.3 is 20.5 Å². The largest absolute Gasteiger partial charge is 0.396 e. The van der Waals surface area contributed by atoms with Crippen LogP contribution >= 0.6 is 24.0 Å². The monoisotopic (exact) mass is 509 g/mol. The minimum Gasteiger partial charge on any atom is -0.396 e. The van der Waals surface area contributed by atoms with E-state index in [0.717, 1.165) is 51.6 Å². The molecule has 0 aromatic rings. The zero-order valence-electron chi connectivity index (χ0n) is 18.2. The Morgan fingerprint density at radius 2 is 1.57 bits per heavy atom. The van der Waals surface area contributed by atoms with E-state index in [-0.39, 0.29) is 36.0 Å². The highest BCUT2D eigenvalue weighted by molar-refractivity contribution is 14.0. The van der Waals surface area contributed by atoms with Gasteiger partial charge in [-0.3, -0.25) is 4.99 Å². The average Bonchev–Trinajstić information content (AvgIpc) is 3.14. The fourth-order valence-electron chi connectivity index (χ4n) is 4.96. The summed E-state index contributed by atoms with van der Waals surface area (Å²) in [5.41, 5.74) is 0.564. The van der Waals surface area contributed by atoms with Gasteiger partial charge in [0.15, 0.2) is 5.96 Å². The molecule has 6 heteroatoms. The molecule has 0 atom stereocenters. The lowest BCUT2D eigenvalue weighted by molar-refractivity contribution is 0.105. The summed E-state index contributed by atoms with van der Waals surface area (Å²) >= 11 is 0.